The molecule has 1 atom stereocenters. The lowest BCUT2D eigenvalue weighted by Crippen LogP contribution is -2.42. The monoisotopic (exact) mass is 368 g/mol. The van der Waals surface area contributed by atoms with Crippen molar-refractivity contribution in [3.8, 4) is 0 Å². The molecule has 140 valence electrons. The van der Waals surface area contributed by atoms with Crippen LogP contribution in [0.4, 0.5) is 0 Å². The van der Waals surface area contributed by atoms with E-state index in [-0.39, 0.29) is 6.17 Å². The van der Waals surface area contributed by atoms with Crippen molar-refractivity contribution in [2.75, 3.05) is 6.73 Å². The normalized spacial score (nSPS) is 16.8. The van der Waals surface area contributed by atoms with Gasteiger partial charge in [0.25, 0.3) is 6.73 Å². The van der Waals surface area contributed by atoms with Crippen LogP contribution in [0.15, 0.2) is 77.6 Å². The van der Waals surface area contributed by atoms with Gasteiger partial charge in [-0.15, -0.1) is 0 Å². The van der Waals surface area contributed by atoms with E-state index >= 15 is 0 Å². The lowest BCUT2D eigenvalue weighted by Gasteiger charge is -2.29. The summed E-state index contributed by atoms with van der Waals surface area (Å²) >= 11 is 0. The van der Waals surface area contributed by atoms with E-state index in [9.17, 15) is 0 Å². The van der Waals surface area contributed by atoms with Crippen LogP contribution in [-0.2, 0) is 18.0 Å². The molecule has 0 radical (unpaired) electrons. The fourth-order valence-electron chi connectivity index (χ4n) is 2.79. The van der Waals surface area contributed by atoms with Crippen LogP contribution in [0.1, 0.15) is 11.1 Å². The first kappa shape index (κ1) is 18.4. The van der Waals surface area contributed by atoms with Gasteiger partial charge in [0.05, 0.1) is 12.4 Å². The molecule has 0 amide bonds. The van der Waals surface area contributed by atoms with Gasteiger partial charge in [-0.2, -0.15) is 4.57 Å². The van der Waals surface area contributed by atoms with Crippen molar-refractivity contribution in [1.82, 2.24) is 9.80 Å². The fourth-order valence-corrected chi connectivity index (χ4v) is 2.79. The van der Waals surface area contributed by atoms with Crippen molar-refractivity contribution >= 4 is 12.4 Å². The van der Waals surface area contributed by atoms with E-state index < -0.39 is 0 Å². The fraction of sp³-hybridized carbons (Fsp3) is 0.211. The largest absolute Gasteiger partial charge is 0.411 e. The Bertz CT molecular complexity index is 793. The predicted molar refractivity (Wildman–Crippen MR) is 99.0 cm³/mol. The minimum absolute atomic E-state index is 0.219. The van der Waals surface area contributed by atoms with Crippen LogP contribution in [0, 0.1) is 0 Å². The number of oxime groups is 2. The number of benzene rings is 1. The molecule has 8 heteroatoms. The molecule has 0 bridgehead atoms. The molecule has 8 nitrogen and oxygen atoms in total. The summed E-state index contributed by atoms with van der Waals surface area (Å²) < 4.78 is 7.63. The quantitative estimate of drug-likeness (QED) is 0.321. The molecule has 3 rings (SSSR count). The van der Waals surface area contributed by atoms with E-state index in [1.807, 2.05) is 64.6 Å². The molecule has 0 saturated carbocycles. The summed E-state index contributed by atoms with van der Waals surface area (Å²) in [4.78, 5) is 4.00. The van der Waals surface area contributed by atoms with Crippen molar-refractivity contribution in [2.45, 2.75) is 19.4 Å². The van der Waals surface area contributed by atoms with E-state index in [2.05, 4.69) is 27.3 Å². The Morgan fingerprint density at radius 3 is 2.44 bits per heavy atom. The van der Waals surface area contributed by atoms with E-state index in [1.165, 1.54) is 18.0 Å². The Hall–Kier alpha value is -3.39. The van der Waals surface area contributed by atoms with Gasteiger partial charge in [-0.05, 0) is 5.56 Å². The average Bonchev–Trinajstić information content (AvgIpc) is 3.06. The number of aromatic nitrogens is 1. The molecule has 1 unspecified atom stereocenters. The summed E-state index contributed by atoms with van der Waals surface area (Å²) in [6.45, 7) is 1.40. The van der Waals surface area contributed by atoms with E-state index in [0.29, 0.717) is 20.0 Å². The van der Waals surface area contributed by atoms with Crippen LogP contribution in [0.3, 0.4) is 0 Å². The van der Waals surface area contributed by atoms with Gasteiger partial charge in [-0.1, -0.05) is 40.6 Å². The highest BCUT2D eigenvalue weighted by Crippen LogP contribution is 2.18. The number of rotatable bonds is 8. The maximum absolute atomic E-state index is 9.02. The highest BCUT2D eigenvalue weighted by molar-refractivity contribution is 5.78. The topological polar surface area (TPSA) is 84.8 Å². The minimum Gasteiger partial charge on any atom is -0.411 e. The highest BCUT2D eigenvalue weighted by Gasteiger charge is 2.25. The molecule has 1 aromatic heterocycles. The predicted octanol–water partition coefficient (Wildman–Crippen LogP) is 1.79. The van der Waals surface area contributed by atoms with Crippen molar-refractivity contribution in [3.05, 3.63) is 78.4 Å². The molecule has 2 N–H and O–H groups in total. The first-order valence-corrected chi connectivity index (χ1v) is 8.46. The van der Waals surface area contributed by atoms with Crippen molar-refractivity contribution in [3.63, 3.8) is 0 Å². The first-order valence-electron chi connectivity index (χ1n) is 8.46. The Labute approximate surface area is 157 Å². The maximum Gasteiger partial charge on any atom is 0.254 e. The second-order valence-corrected chi connectivity index (χ2v) is 6.00. The van der Waals surface area contributed by atoms with Gasteiger partial charge in [0.15, 0.2) is 12.4 Å². The number of nitrogens with zero attached hydrogens (tertiary/aromatic N) is 5. The van der Waals surface area contributed by atoms with Crippen LogP contribution in [0.25, 0.3) is 0 Å². The van der Waals surface area contributed by atoms with Crippen molar-refractivity contribution in [2.24, 2.45) is 10.3 Å². The Balaban J connectivity index is 1.54. The molecule has 27 heavy (non-hydrogen) atoms. The maximum atomic E-state index is 9.02. The minimum atomic E-state index is -0.219. The van der Waals surface area contributed by atoms with Crippen molar-refractivity contribution in [1.29, 1.82) is 0 Å². The Morgan fingerprint density at radius 1 is 1.00 bits per heavy atom. The van der Waals surface area contributed by atoms with E-state index in [1.54, 1.807) is 0 Å². The molecule has 2 heterocycles. The molecule has 0 aliphatic carbocycles. The molecule has 1 aromatic carbocycles. The Morgan fingerprint density at radius 2 is 1.74 bits per heavy atom. The van der Waals surface area contributed by atoms with Crippen LogP contribution in [0.2, 0.25) is 0 Å². The van der Waals surface area contributed by atoms with E-state index in [4.69, 9.17) is 15.2 Å². The lowest BCUT2D eigenvalue weighted by atomic mass is 10.2. The van der Waals surface area contributed by atoms with Gasteiger partial charge in [-0.25, -0.2) is 0 Å². The van der Waals surface area contributed by atoms with Crippen LogP contribution in [0.5, 0.6) is 0 Å². The number of hydrogen-bond donors (Lipinski definition) is 2. The SMILES string of the molecule is ON=Cc1cc[n+](COCN2C=CN(Cc3ccccc3)C2/C=N\O)cc1. The van der Waals surface area contributed by atoms with Gasteiger partial charge in [0.2, 0.25) is 0 Å². The molecule has 1 aliphatic heterocycles. The zero-order valence-corrected chi connectivity index (χ0v) is 14.7. The number of pyridine rings is 1. The molecular formula is C19H22N5O3+. The molecular weight excluding hydrogens is 346 g/mol. The van der Waals surface area contributed by atoms with Gasteiger partial charge < -0.3 is 25.0 Å². The third kappa shape index (κ3) is 5.05. The second-order valence-electron chi connectivity index (χ2n) is 6.00. The zero-order valence-electron chi connectivity index (χ0n) is 14.7. The van der Waals surface area contributed by atoms with Gasteiger partial charge in [-0.3, -0.25) is 0 Å². The highest BCUT2D eigenvalue weighted by atomic mass is 16.5. The smallest absolute Gasteiger partial charge is 0.254 e. The van der Waals surface area contributed by atoms with Gasteiger partial charge in [0.1, 0.15) is 12.9 Å². The summed E-state index contributed by atoms with van der Waals surface area (Å²) in [7, 11) is 0. The summed E-state index contributed by atoms with van der Waals surface area (Å²) in [6.07, 6.45) is 10.2. The standard InChI is InChI=1S/C19H21N5O3/c25-20-12-17-6-8-22(9-7-17)15-27-16-24-11-10-23(19(24)13-21-26)14-18-4-2-1-3-5-18/h1-13,19,26H,14-16H2/p+1/b21-13-. The van der Waals surface area contributed by atoms with Gasteiger partial charge in [0, 0.05) is 36.6 Å². The molecule has 0 saturated heterocycles. The van der Waals surface area contributed by atoms with Crippen LogP contribution >= 0.6 is 0 Å². The number of ether oxygens (including phenoxy) is 1. The van der Waals surface area contributed by atoms with E-state index in [0.717, 1.165) is 5.56 Å². The summed E-state index contributed by atoms with van der Waals surface area (Å²) in [5, 5.41) is 23.8. The first-order chi connectivity index (χ1) is 13.3. The van der Waals surface area contributed by atoms with Crippen LogP contribution < -0.4 is 4.57 Å². The summed E-state index contributed by atoms with van der Waals surface area (Å²) in [5.74, 6) is 0. The Kier molecular flexibility index (Phi) is 6.37. The molecule has 2 aromatic rings. The second kappa shape index (κ2) is 9.35. The summed E-state index contributed by atoms with van der Waals surface area (Å²) in [6, 6.07) is 13.7. The summed E-state index contributed by atoms with van der Waals surface area (Å²) in [5.41, 5.74) is 1.97. The average molecular weight is 368 g/mol. The molecule has 0 spiro atoms. The molecule has 0 fully saturated rings. The van der Waals surface area contributed by atoms with Gasteiger partial charge >= 0.3 is 0 Å². The lowest BCUT2D eigenvalue weighted by molar-refractivity contribution is -0.733. The third-order valence-corrected chi connectivity index (χ3v) is 4.14. The van der Waals surface area contributed by atoms with Crippen LogP contribution in [-0.4, -0.2) is 45.5 Å². The molecule has 1 aliphatic rings. The number of hydrogen-bond acceptors (Lipinski definition) is 7. The van der Waals surface area contributed by atoms with Crippen molar-refractivity contribution < 1.29 is 19.7 Å². The zero-order chi connectivity index (χ0) is 18.9. The third-order valence-electron chi connectivity index (χ3n) is 4.14.